The first-order valence-corrected chi connectivity index (χ1v) is 29.6. The first kappa shape index (κ1) is 53.1. The number of unbranched alkanes of at least 4 members (excludes halogenated alkanes) is 9. The Morgan fingerprint density at radius 1 is 0.447 bits per heavy atom. The Labute approximate surface area is 455 Å². The Hall–Kier alpha value is -6.32. The number of hydrogen-bond donors (Lipinski definition) is 0. The van der Waals surface area contributed by atoms with Gasteiger partial charge in [-0.05, 0) is 135 Å². The molecule has 76 heavy (non-hydrogen) atoms. The molecule has 0 saturated carbocycles. The van der Waals surface area contributed by atoms with E-state index in [1.54, 1.807) is 12.1 Å². The lowest BCUT2D eigenvalue weighted by Gasteiger charge is -2.36. The minimum atomic E-state index is -0.258. The largest absolute Gasteiger partial charge is 0.494 e. The van der Waals surface area contributed by atoms with Gasteiger partial charge in [0.05, 0.1) is 24.2 Å². The summed E-state index contributed by atoms with van der Waals surface area (Å²) < 4.78 is 26.2. The van der Waals surface area contributed by atoms with Crippen LogP contribution in [0.1, 0.15) is 89.9 Å². The third kappa shape index (κ3) is 14.8. The molecule has 0 unspecified atom stereocenters. The Kier molecular flexibility index (Phi) is 19.0. The lowest BCUT2D eigenvalue weighted by Crippen LogP contribution is -2.46. The number of nitrogens with zero attached hydrogens (tertiary/aromatic N) is 6. The highest BCUT2D eigenvalue weighted by Crippen LogP contribution is 2.33. The molecule has 0 spiro atoms. The van der Waals surface area contributed by atoms with E-state index in [0.717, 1.165) is 176 Å². The van der Waals surface area contributed by atoms with Gasteiger partial charge >= 0.3 is 11.9 Å². The van der Waals surface area contributed by atoms with E-state index >= 15 is 0 Å². The van der Waals surface area contributed by atoms with E-state index in [1.807, 2.05) is 71.2 Å². The van der Waals surface area contributed by atoms with Crippen LogP contribution >= 0.6 is 22.7 Å². The maximum absolute atomic E-state index is 12.7. The first-order valence-electron chi connectivity index (χ1n) is 27.8. The molecule has 2 aliphatic heterocycles. The highest BCUT2D eigenvalue weighted by Gasteiger charge is 2.21. The second-order valence-electron chi connectivity index (χ2n) is 20.3. The van der Waals surface area contributed by atoms with Gasteiger partial charge < -0.3 is 28.7 Å². The molecule has 10 rings (SSSR count). The molecule has 0 atom stereocenters. The van der Waals surface area contributed by atoms with Gasteiger partial charge in [-0.15, -0.1) is 22.7 Å². The third-order valence-corrected chi connectivity index (χ3v) is 16.6. The number of hydrogen-bond acceptors (Lipinski definition) is 14. The normalized spacial score (nSPS) is 14.5. The SMILES string of the molecule is O=C(CCCCCCCCCCC(=O)Oc1ccc2ccc(OCCCCN3CCN(c4cccc5sccc45)CC3)cc2n1)Oc1ccc2ccc(OCCCCN3CCN(c4cccc5sccc45)CC3)cc2n1. The highest BCUT2D eigenvalue weighted by molar-refractivity contribution is 7.17. The number of esters is 2. The van der Waals surface area contributed by atoms with Crippen molar-refractivity contribution in [3.63, 3.8) is 0 Å². The second kappa shape index (κ2) is 27.1. The molecule has 4 aromatic heterocycles. The zero-order valence-electron chi connectivity index (χ0n) is 43.9. The Morgan fingerprint density at radius 2 is 0.868 bits per heavy atom. The van der Waals surface area contributed by atoms with Gasteiger partial charge in [-0.1, -0.05) is 50.7 Å². The van der Waals surface area contributed by atoms with Crippen LogP contribution in [0.5, 0.6) is 23.3 Å². The van der Waals surface area contributed by atoms with Crippen molar-refractivity contribution in [2.75, 3.05) is 88.5 Å². The van der Waals surface area contributed by atoms with Crippen molar-refractivity contribution in [3.8, 4) is 23.3 Å². The van der Waals surface area contributed by atoms with E-state index in [2.05, 4.69) is 88.9 Å². The molecule has 4 aromatic carbocycles. The fourth-order valence-electron chi connectivity index (χ4n) is 10.6. The summed E-state index contributed by atoms with van der Waals surface area (Å²) in [6.45, 7) is 12.0. The number of ether oxygens (including phenoxy) is 4. The average Bonchev–Trinajstić information content (AvgIpc) is 4.16. The summed E-state index contributed by atoms with van der Waals surface area (Å²) in [5, 5.41) is 9.06. The van der Waals surface area contributed by atoms with Crippen LogP contribution in [0, 0.1) is 0 Å². The second-order valence-corrected chi connectivity index (χ2v) is 22.2. The van der Waals surface area contributed by atoms with Crippen molar-refractivity contribution < 1.29 is 28.5 Å². The summed E-state index contributed by atoms with van der Waals surface area (Å²) in [7, 11) is 0. The molecule has 0 aliphatic carbocycles. The van der Waals surface area contributed by atoms with Crippen LogP contribution < -0.4 is 28.7 Å². The van der Waals surface area contributed by atoms with Crippen molar-refractivity contribution >= 4 is 88.0 Å². The predicted octanol–water partition coefficient (Wildman–Crippen LogP) is 13.6. The Bertz CT molecular complexity index is 2940. The van der Waals surface area contributed by atoms with Gasteiger partial charge in [0.1, 0.15) is 11.5 Å². The number of rotatable bonds is 27. The van der Waals surface area contributed by atoms with Gasteiger partial charge in [0, 0.05) is 132 Å². The van der Waals surface area contributed by atoms with Crippen LogP contribution in [0.25, 0.3) is 42.0 Å². The lowest BCUT2D eigenvalue weighted by atomic mass is 10.1. The van der Waals surface area contributed by atoms with E-state index in [-0.39, 0.29) is 11.9 Å². The van der Waals surface area contributed by atoms with Crippen LogP contribution in [0.2, 0.25) is 0 Å². The number of anilines is 2. The zero-order valence-corrected chi connectivity index (χ0v) is 45.5. The van der Waals surface area contributed by atoms with Gasteiger partial charge in [0.25, 0.3) is 0 Å². The summed E-state index contributed by atoms with van der Waals surface area (Å²) in [6, 6.07) is 37.0. The molecular formula is C62H72N6O6S2. The molecule has 12 nitrogen and oxygen atoms in total. The predicted molar refractivity (Wildman–Crippen MR) is 311 cm³/mol. The molecule has 6 heterocycles. The number of carbonyl (C=O) groups excluding carboxylic acids is 2. The van der Waals surface area contributed by atoms with Gasteiger partial charge in [-0.2, -0.15) is 0 Å². The molecule has 0 N–H and O–H groups in total. The average molecular weight is 1060 g/mol. The molecule has 0 bridgehead atoms. The molecule has 14 heteroatoms. The monoisotopic (exact) mass is 1060 g/mol. The minimum Gasteiger partial charge on any atom is -0.494 e. The van der Waals surface area contributed by atoms with Crippen LogP contribution in [0.15, 0.2) is 120 Å². The maximum Gasteiger partial charge on any atom is 0.312 e. The van der Waals surface area contributed by atoms with Crippen molar-refractivity contribution in [3.05, 3.63) is 120 Å². The number of piperazine rings is 2. The number of benzene rings is 4. The van der Waals surface area contributed by atoms with Gasteiger partial charge in [0.2, 0.25) is 11.8 Å². The zero-order chi connectivity index (χ0) is 51.7. The van der Waals surface area contributed by atoms with Crippen molar-refractivity contribution in [2.24, 2.45) is 0 Å². The van der Waals surface area contributed by atoms with E-state index < -0.39 is 0 Å². The lowest BCUT2D eigenvalue weighted by molar-refractivity contribution is -0.135. The molecule has 2 aliphatic rings. The molecule has 8 aromatic rings. The number of pyridine rings is 2. The molecule has 0 amide bonds. The standard InChI is InChI=1S/C62H72N6O6S2/c69-61(73-59-27-23-47-21-25-49(45-53(47)63-59)71-41-11-9-31-65-33-37-67(38-34-65)55-15-13-17-57-51(55)29-43-75-57)19-7-5-3-1-2-4-6-8-20-62(70)74-60-28-24-48-22-26-50(46-54(48)64-60)72-42-12-10-32-66-35-39-68(40-36-66)56-16-14-18-58-52(56)30-44-76-58/h13-18,21-30,43-46H,1-12,19-20,31-42H2. The van der Waals surface area contributed by atoms with Crippen LogP contribution in [0.4, 0.5) is 11.4 Å². The highest BCUT2D eigenvalue weighted by atomic mass is 32.1. The van der Waals surface area contributed by atoms with Crippen LogP contribution in [-0.2, 0) is 9.59 Å². The Balaban J connectivity index is 0.534. The van der Waals surface area contributed by atoms with Crippen molar-refractivity contribution in [2.45, 2.75) is 89.9 Å². The van der Waals surface area contributed by atoms with Crippen molar-refractivity contribution in [1.29, 1.82) is 0 Å². The van der Waals surface area contributed by atoms with Crippen LogP contribution in [0.3, 0.4) is 0 Å². The smallest absolute Gasteiger partial charge is 0.312 e. The molecule has 2 saturated heterocycles. The molecular weight excluding hydrogens is 989 g/mol. The number of thiophene rings is 2. The third-order valence-electron chi connectivity index (χ3n) is 14.9. The number of aromatic nitrogens is 2. The van der Waals surface area contributed by atoms with Crippen molar-refractivity contribution in [1.82, 2.24) is 19.8 Å². The number of carbonyl (C=O) groups is 2. The fraction of sp³-hybridized carbons (Fsp3) is 0.419. The summed E-state index contributed by atoms with van der Waals surface area (Å²) in [5.74, 6) is 1.68. The van der Waals surface area contributed by atoms with Gasteiger partial charge in [-0.3, -0.25) is 19.4 Å². The van der Waals surface area contributed by atoms with E-state index in [4.69, 9.17) is 18.9 Å². The van der Waals surface area contributed by atoms with Gasteiger partial charge in [0.15, 0.2) is 0 Å². The van der Waals surface area contributed by atoms with E-state index in [9.17, 15) is 9.59 Å². The summed E-state index contributed by atoms with van der Waals surface area (Å²) in [6.07, 6.45) is 12.7. The fourth-order valence-corrected chi connectivity index (χ4v) is 12.2. The minimum absolute atomic E-state index is 0.258. The molecule has 2 fully saturated rings. The van der Waals surface area contributed by atoms with E-state index in [1.165, 1.54) is 31.5 Å². The molecule has 398 valence electrons. The summed E-state index contributed by atoms with van der Waals surface area (Å²) >= 11 is 3.62. The van der Waals surface area contributed by atoms with E-state index in [0.29, 0.717) is 37.8 Å². The topological polar surface area (TPSA) is 110 Å². The quantitative estimate of drug-likeness (QED) is 0.0361. The number of fused-ring (bicyclic) bond motifs is 4. The first-order chi connectivity index (χ1) is 37.5. The summed E-state index contributed by atoms with van der Waals surface area (Å²) in [5.41, 5.74) is 4.22. The Morgan fingerprint density at radius 3 is 1.32 bits per heavy atom. The van der Waals surface area contributed by atoms with Gasteiger partial charge in [-0.25, -0.2) is 9.97 Å². The van der Waals surface area contributed by atoms with Crippen LogP contribution in [-0.4, -0.2) is 110 Å². The molecule has 0 radical (unpaired) electrons. The maximum atomic E-state index is 12.7. The summed E-state index contributed by atoms with van der Waals surface area (Å²) in [4.78, 5) is 44.8.